The lowest BCUT2D eigenvalue weighted by Gasteiger charge is -2.32. The monoisotopic (exact) mass is 1170 g/mol. The average Bonchev–Trinajstić information content (AvgIpc) is 3.61. The van der Waals surface area contributed by atoms with E-state index < -0.39 is 5.41 Å². The molecule has 0 aliphatic carbocycles. The summed E-state index contributed by atoms with van der Waals surface area (Å²) in [6, 6.07) is 15.6. The molecule has 3 rings (SSSR count). The summed E-state index contributed by atoms with van der Waals surface area (Å²) >= 11 is 0. The van der Waals surface area contributed by atoms with Gasteiger partial charge in [-0.05, 0) is 102 Å². The van der Waals surface area contributed by atoms with E-state index in [1.165, 1.54) is 6.92 Å². The van der Waals surface area contributed by atoms with E-state index >= 15 is 0 Å². The highest BCUT2D eigenvalue weighted by Crippen LogP contribution is 2.28. The number of hydrogen-bond acceptors (Lipinski definition) is 19. The minimum absolute atomic E-state index is 0.0685. The van der Waals surface area contributed by atoms with Gasteiger partial charge in [-0.1, -0.05) is 41.5 Å². The van der Waals surface area contributed by atoms with Gasteiger partial charge < -0.3 is 95.3 Å². The zero-order valence-electron chi connectivity index (χ0n) is 50.9. The SMILES string of the molecule is CCNCCOc1cc(OCCNCC)cc(C(=O)NCCCOCC(COCCCNC(=O)c2cc(OCCNCC)cc(OCCNCC)c2)(COCCCNC(=O)c2cc(OCCNCC)cc(OCCNCC)c2)CC(C)=O)c1. The Morgan fingerprint density at radius 3 is 0.771 bits per heavy atom. The van der Waals surface area contributed by atoms with Crippen LogP contribution in [0.2, 0.25) is 0 Å². The predicted molar refractivity (Wildman–Crippen MR) is 325 cm³/mol. The maximum absolute atomic E-state index is 13.5. The Kier molecular flexibility index (Phi) is 39.2. The number of Topliss-reactive ketones (excluding diaryl/α,β-unsaturated/α-hetero) is 1. The first-order chi connectivity index (χ1) is 40.5. The van der Waals surface area contributed by atoms with Crippen LogP contribution < -0.4 is 76.3 Å². The van der Waals surface area contributed by atoms with E-state index in [1.807, 2.05) is 41.5 Å². The Labute approximate surface area is 494 Å². The molecule has 0 saturated carbocycles. The number of benzene rings is 3. The first-order valence-corrected chi connectivity index (χ1v) is 30.0. The Morgan fingerprint density at radius 1 is 0.337 bits per heavy atom. The van der Waals surface area contributed by atoms with Crippen molar-refractivity contribution in [3.8, 4) is 34.5 Å². The van der Waals surface area contributed by atoms with Crippen molar-refractivity contribution in [1.29, 1.82) is 0 Å². The smallest absolute Gasteiger partial charge is 0.251 e. The fourth-order valence-electron chi connectivity index (χ4n) is 8.22. The van der Waals surface area contributed by atoms with Crippen molar-refractivity contribution in [1.82, 2.24) is 47.9 Å². The fraction of sp³-hybridized carbons (Fsp3) is 0.639. The second-order valence-electron chi connectivity index (χ2n) is 19.7. The van der Waals surface area contributed by atoms with E-state index in [0.29, 0.717) is 169 Å². The molecule has 468 valence electrons. The van der Waals surface area contributed by atoms with Gasteiger partial charge in [0, 0.05) is 125 Å². The van der Waals surface area contributed by atoms with Crippen molar-refractivity contribution in [2.45, 2.75) is 74.1 Å². The predicted octanol–water partition coefficient (Wildman–Crippen LogP) is 4.39. The third-order valence-corrected chi connectivity index (χ3v) is 12.3. The highest BCUT2D eigenvalue weighted by Gasteiger charge is 2.33. The molecule has 0 fully saturated rings. The second-order valence-corrected chi connectivity index (χ2v) is 19.7. The summed E-state index contributed by atoms with van der Waals surface area (Å²) < 4.78 is 54.5. The van der Waals surface area contributed by atoms with E-state index in [2.05, 4.69) is 47.9 Å². The molecule has 0 bridgehead atoms. The van der Waals surface area contributed by atoms with Crippen LogP contribution >= 0.6 is 0 Å². The summed E-state index contributed by atoms with van der Waals surface area (Å²) in [5.74, 6) is 2.32. The molecule has 0 spiro atoms. The van der Waals surface area contributed by atoms with Gasteiger partial charge in [0.2, 0.25) is 0 Å². The highest BCUT2D eigenvalue weighted by atomic mass is 16.5. The minimum Gasteiger partial charge on any atom is -0.492 e. The number of rotatable bonds is 53. The van der Waals surface area contributed by atoms with E-state index in [9.17, 15) is 19.2 Å². The number of nitrogens with one attached hydrogen (secondary N) is 9. The summed E-state index contributed by atoms with van der Waals surface area (Å²) in [5.41, 5.74) is 0.362. The lowest BCUT2D eigenvalue weighted by molar-refractivity contribution is -0.126. The largest absolute Gasteiger partial charge is 0.492 e. The van der Waals surface area contributed by atoms with Gasteiger partial charge in [0.05, 0.1) is 19.8 Å². The van der Waals surface area contributed by atoms with Gasteiger partial charge in [0.1, 0.15) is 79.9 Å². The summed E-state index contributed by atoms with van der Waals surface area (Å²) in [4.78, 5) is 53.3. The van der Waals surface area contributed by atoms with Gasteiger partial charge in [0.25, 0.3) is 17.7 Å². The minimum atomic E-state index is -0.871. The molecule has 0 saturated heterocycles. The maximum atomic E-state index is 13.5. The van der Waals surface area contributed by atoms with Gasteiger partial charge in [-0.2, -0.15) is 0 Å². The van der Waals surface area contributed by atoms with Gasteiger partial charge >= 0.3 is 0 Å². The highest BCUT2D eigenvalue weighted by molar-refractivity contribution is 5.96. The van der Waals surface area contributed by atoms with Crippen LogP contribution in [0.3, 0.4) is 0 Å². The molecule has 3 aromatic rings. The third kappa shape index (κ3) is 32.7. The summed E-state index contributed by atoms with van der Waals surface area (Å²) in [6.07, 6.45) is 1.56. The van der Waals surface area contributed by atoms with Crippen molar-refractivity contribution in [3.63, 3.8) is 0 Å². The van der Waals surface area contributed by atoms with Crippen LogP contribution in [0, 0.1) is 5.41 Å². The molecule has 0 aromatic heterocycles. The fourth-order valence-corrected chi connectivity index (χ4v) is 8.22. The Morgan fingerprint density at radius 2 is 0.566 bits per heavy atom. The Bertz CT molecular complexity index is 1920. The topological polar surface area (TPSA) is 260 Å². The molecule has 0 unspecified atom stereocenters. The quantitative estimate of drug-likeness (QED) is 0.0355. The van der Waals surface area contributed by atoms with Crippen LogP contribution in [0.25, 0.3) is 0 Å². The van der Waals surface area contributed by atoms with Crippen molar-refractivity contribution >= 4 is 23.5 Å². The zero-order valence-corrected chi connectivity index (χ0v) is 50.9. The number of amides is 3. The van der Waals surface area contributed by atoms with E-state index in [1.54, 1.807) is 54.6 Å². The standard InChI is InChI=1S/C61H101N9O13/c1-8-62-20-29-78-52-35-49(36-53(41-52)79-30-21-63-9-2)58(72)68-17-14-26-75-45-61(44-48(7)71,46-76-27-15-18-69-59(73)50-37-54(80-31-22-64-10-3)42-55(38-50)81-32-23-65-11-4)47-77-28-16-19-70-60(74)51-39-56(82-33-24-66-12-5)43-57(40-51)83-34-25-67-13-6/h35-43,62-67H,8-34,44-47H2,1-7H3,(H,68,72)(H,69,73)(H,70,74). The normalized spacial score (nSPS) is 11.3. The van der Waals surface area contributed by atoms with Crippen molar-refractivity contribution < 1.29 is 61.8 Å². The van der Waals surface area contributed by atoms with E-state index in [4.69, 9.17) is 42.6 Å². The molecule has 0 heterocycles. The molecule has 0 aliphatic heterocycles. The average molecular weight is 1170 g/mol. The molecular weight excluding hydrogens is 1070 g/mol. The molecule has 22 nitrogen and oxygen atoms in total. The first kappa shape index (κ1) is 71.4. The maximum Gasteiger partial charge on any atom is 0.251 e. The molecule has 83 heavy (non-hydrogen) atoms. The van der Waals surface area contributed by atoms with Crippen molar-refractivity contribution in [2.24, 2.45) is 5.41 Å². The van der Waals surface area contributed by atoms with Crippen LogP contribution in [-0.2, 0) is 19.0 Å². The number of likely N-dealkylation sites (N-methyl/N-ethyl adjacent to an activating group) is 6. The number of carbonyl (C=O) groups excluding carboxylic acids is 4. The summed E-state index contributed by atoms with van der Waals surface area (Å²) in [5, 5.41) is 28.4. The van der Waals surface area contributed by atoms with Crippen LogP contribution in [-0.4, -0.2) is 201 Å². The number of hydrogen-bond donors (Lipinski definition) is 9. The van der Waals surface area contributed by atoms with Crippen LogP contribution in [0.4, 0.5) is 0 Å². The molecule has 22 heteroatoms. The summed E-state index contributed by atoms with van der Waals surface area (Å²) in [7, 11) is 0. The molecule has 3 aromatic carbocycles. The van der Waals surface area contributed by atoms with Crippen molar-refractivity contribution in [2.75, 3.05) is 177 Å². The number of carbonyl (C=O) groups is 4. The van der Waals surface area contributed by atoms with Crippen LogP contribution in [0.15, 0.2) is 54.6 Å². The Hall–Kier alpha value is -5.82. The van der Waals surface area contributed by atoms with Gasteiger partial charge in [-0.3, -0.25) is 14.4 Å². The van der Waals surface area contributed by atoms with E-state index in [-0.39, 0.29) is 69.6 Å². The molecule has 0 aliphatic rings. The molecule has 0 atom stereocenters. The lowest BCUT2D eigenvalue weighted by Crippen LogP contribution is -2.40. The zero-order chi connectivity index (χ0) is 60.0. The molecule has 9 N–H and O–H groups in total. The lowest BCUT2D eigenvalue weighted by atomic mass is 9.85. The van der Waals surface area contributed by atoms with Crippen LogP contribution in [0.5, 0.6) is 34.5 Å². The number of ether oxygens (including phenoxy) is 9. The molecule has 0 radical (unpaired) electrons. The summed E-state index contributed by atoms with van der Waals surface area (Å²) in [6.45, 7) is 27.4. The van der Waals surface area contributed by atoms with Gasteiger partial charge in [-0.25, -0.2) is 0 Å². The molecular formula is C61H101N9O13. The first-order valence-electron chi connectivity index (χ1n) is 30.0. The second kappa shape index (κ2) is 45.6. The van der Waals surface area contributed by atoms with Crippen LogP contribution in [0.1, 0.15) is 105 Å². The van der Waals surface area contributed by atoms with Gasteiger partial charge in [0.15, 0.2) is 0 Å². The van der Waals surface area contributed by atoms with Crippen molar-refractivity contribution in [3.05, 3.63) is 71.3 Å². The van der Waals surface area contributed by atoms with Gasteiger partial charge in [-0.15, -0.1) is 0 Å². The molecule has 3 amide bonds. The Balaban J connectivity index is 1.67. The third-order valence-electron chi connectivity index (χ3n) is 12.3. The van der Waals surface area contributed by atoms with E-state index in [0.717, 1.165) is 39.3 Å². The number of ketones is 1.